The van der Waals surface area contributed by atoms with Crippen molar-refractivity contribution in [2.24, 2.45) is 5.41 Å². The van der Waals surface area contributed by atoms with Crippen LogP contribution in [0.1, 0.15) is 48.5 Å². The first-order valence-electron chi connectivity index (χ1n) is 10.2. The van der Waals surface area contributed by atoms with E-state index in [9.17, 15) is 4.79 Å². The highest BCUT2D eigenvalue weighted by Crippen LogP contribution is 2.39. The molecule has 0 aliphatic carbocycles. The van der Waals surface area contributed by atoms with Gasteiger partial charge in [-0.05, 0) is 51.8 Å². The van der Waals surface area contributed by atoms with Crippen molar-refractivity contribution in [3.63, 3.8) is 0 Å². The lowest BCUT2D eigenvalue weighted by Gasteiger charge is -2.48. The second-order valence-electron chi connectivity index (χ2n) is 8.48. The van der Waals surface area contributed by atoms with Gasteiger partial charge in [0.15, 0.2) is 0 Å². The summed E-state index contributed by atoms with van der Waals surface area (Å²) in [6, 6.07) is 6.24. The summed E-state index contributed by atoms with van der Waals surface area (Å²) < 4.78 is 0. The summed E-state index contributed by atoms with van der Waals surface area (Å²) in [6.45, 7) is 8.38. The van der Waals surface area contributed by atoms with Gasteiger partial charge in [-0.15, -0.1) is 0 Å². The van der Waals surface area contributed by atoms with Gasteiger partial charge in [-0.2, -0.15) is 0 Å². The molecule has 148 valence electrons. The number of aryl methyl sites for hydroxylation is 2. The van der Waals surface area contributed by atoms with E-state index in [0.29, 0.717) is 13.0 Å². The quantitative estimate of drug-likeness (QED) is 0.817. The Kier molecular flexibility index (Phi) is 5.40. The summed E-state index contributed by atoms with van der Waals surface area (Å²) in [4.78, 5) is 30.5. The molecule has 6 heteroatoms. The van der Waals surface area contributed by atoms with E-state index >= 15 is 0 Å². The lowest BCUT2D eigenvalue weighted by Crippen LogP contribution is -2.53. The molecule has 4 rings (SSSR count). The number of amides is 1. The Bertz CT molecular complexity index is 837. The van der Waals surface area contributed by atoms with Gasteiger partial charge in [0.2, 0.25) is 5.91 Å². The van der Waals surface area contributed by atoms with Crippen LogP contribution in [0.3, 0.4) is 0 Å². The topological polar surface area (TPSA) is 62.2 Å². The molecule has 0 radical (unpaired) electrons. The van der Waals surface area contributed by atoms with E-state index in [1.165, 1.54) is 12.8 Å². The predicted molar refractivity (Wildman–Crippen MR) is 107 cm³/mol. The maximum absolute atomic E-state index is 12.6. The van der Waals surface area contributed by atoms with Crippen molar-refractivity contribution < 1.29 is 4.79 Å². The number of nitrogens with zero attached hydrogens (tertiary/aromatic N) is 5. The van der Waals surface area contributed by atoms with Gasteiger partial charge in [-0.25, -0.2) is 0 Å². The Morgan fingerprint density at radius 2 is 1.89 bits per heavy atom. The molecule has 0 saturated carbocycles. The zero-order valence-electron chi connectivity index (χ0n) is 16.9. The molecule has 2 saturated heterocycles. The molecule has 0 unspecified atom stereocenters. The standard InChI is InChI=1S/C22H29N5O/c1-17-5-3-6-19(25-17)13-26-10-4-8-22(15-26)9-7-21(28)27(16-22)14-20-12-23-18(2)11-24-20/h3,5-6,11-12H,4,7-10,13-16H2,1-2H3/t22-/m1/s1. The number of hydrogen-bond acceptors (Lipinski definition) is 5. The molecular formula is C22H29N5O. The van der Waals surface area contributed by atoms with E-state index in [2.05, 4.69) is 32.0 Å². The molecular weight excluding hydrogens is 350 g/mol. The highest BCUT2D eigenvalue weighted by molar-refractivity contribution is 5.77. The number of pyridine rings is 1. The van der Waals surface area contributed by atoms with Gasteiger partial charge in [-0.3, -0.25) is 24.6 Å². The fraction of sp³-hybridized carbons (Fsp3) is 0.545. The number of hydrogen-bond donors (Lipinski definition) is 0. The first kappa shape index (κ1) is 19.0. The van der Waals surface area contributed by atoms with Crippen LogP contribution in [0.15, 0.2) is 30.6 Å². The summed E-state index contributed by atoms with van der Waals surface area (Å²) in [6.07, 6.45) is 7.55. The van der Waals surface area contributed by atoms with Gasteiger partial charge >= 0.3 is 0 Å². The molecule has 2 aromatic rings. The molecule has 2 aliphatic heterocycles. The third-order valence-electron chi connectivity index (χ3n) is 6.01. The summed E-state index contributed by atoms with van der Waals surface area (Å²) in [5.74, 6) is 0.241. The minimum atomic E-state index is 0.189. The minimum Gasteiger partial charge on any atom is -0.336 e. The Labute approximate surface area is 167 Å². The van der Waals surface area contributed by atoms with Crippen molar-refractivity contribution >= 4 is 5.91 Å². The molecule has 2 aliphatic rings. The van der Waals surface area contributed by atoms with Crippen LogP contribution < -0.4 is 0 Å². The zero-order valence-corrected chi connectivity index (χ0v) is 16.9. The monoisotopic (exact) mass is 379 g/mol. The van der Waals surface area contributed by atoms with Crippen molar-refractivity contribution in [1.29, 1.82) is 0 Å². The zero-order chi connectivity index (χ0) is 19.6. The summed E-state index contributed by atoms with van der Waals surface area (Å²) in [5.41, 5.74) is 4.16. The minimum absolute atomic E-state index is 0.189. The van der Waals surface area contributed by atoms with Gasteiger partial charge in [0, 0.05) is 43.4 Å². The van der Waals surface area contributed by atoms with Crippen LogP contribution in [0.5, 0.6) is 0 Å². The van der Waals surface area contributed by atoms with Crippen molar-refractivity contribution in [2.45, 2.75) is 52.6 Å². The summed E-state index contributed by atoms with van der Waals surface area (Å²) in [7, 11) is 0. The Morgan fingerprint density at radius 3 is 2.68 bits per heavy atom. The third-order valence-corrected chi connectivity index (χ3v) is 6.01. The molecule has 1 atom stereocenters. The fourth-order valence-electron chi connectivity index (χ4n) is 4.64. The number of carbonyl (C=O) groups excluding carboxylic acids is 1. The highest BCUT2D eigenvalue weighted by Gasteiger charge is 2.41. The maximum atomic E-state index is 12.6. The number of aromatic nitrogens is 3. The Balaban J connectivity index is 1.44. The first-order chi connectivity index (χ1) is 13.5. The molecule has 0 N–H and O–H groups in total. The molecule has 6 nitrogen and oxygen atoms in total. The first-order valence-corrected chi connectivity index (χ1v) is 10.2. The van der Waals surface area contributed by atoms with Crippen LogP contribution in [0.4, 0.5) is 0 Å². The van der Waals surface area contributed by atoms with Gasteiger partial charge in [-0.1, -0.05) is 6.07 Å². The predicted octanol–water partition coefficient (Wildman–Crippen LogP) is 2.89. The average Bonchev–Trinajstić information content (AvgIpc) is 2.67. The van der Waals surface area contributed by atoms with Gasteiger partial charge in [0.25, 0.3) is 0 Å². The van der Waals surface area contributed by atoms with Crippen molar-refractivity contribution in [1.82, 2.24) is 24.8 Å². The fourth-order valence-corrected chi connectivity index (χ4v) is 4.64. The van der Waals surface area contributed by atoms with Crippen LogP contribution in [0.2, 0.25) is 0 Å². The van der Waals surface area contributed by atoms with E-state index in [-0.39, 0.29) is 11.3 Å². The highest BCUT2D eigenvalue weighted by atomic mass is 16.2. The smallest absolute Gasteiger partial charge is 0.222 e. The maximum Gasteiger partial charge on any atom is 0.222 e. The molecule has 4 heterocycles. The van der Waals surface area contributed by atoms with E-state index < -0.39 is 0 Å². The van der Waals surface area contributed by atoms with Crippen LogP contribution >= 0.6 is 0 Å². The van der Waals surface area contributed by atoms with E-state index in [1.807, 2.05) is 24.8 Å². The number of piperidine rings is 2. The number of carbonyl (C=O) groups is 1. The number of rotatable bonds is 4. The van der Waals surface area contributed by atoms with E-state index in [4.69, 9.17) is 0 Å². The van der Waals surface area contributed by atoms with Gasteiger partial charge < -0.3 is 4.90 Å². The van der Waals surface area contributed by atoms with E-state index in [1.54, 1.807) is 12.4 Å². The molecule has 2 aromatic heterocycles. The van der Waals surface area contributed by atoms with Crippen molar-refractivity contribution in [3.8, 4) is 0 Å². The van der Waals surface area contributed by atoms with Crippen molar-refractivity contribution in [3.05, 3.63) is 53.4 Å². The molecule has 1 amide bonds. The second kappa shape index (κ2) is 7.95. The van der Waals surface area contributed by atoms with Gasteiger partial charge in [0.05, 0.1) is 29.8 Å². The Hall–Kier alpha value is -2.34. The lowest BCUT2D eigenvalue weighted by atomic mass is 9.73. The van der Waals surface area contributed by atoms with Crippen LogP contribution in [0, 0.1) is 19.3 Å². The van der Waals surface area contributed by atoms with Crippen LogP contribution in [-0.4, -0.2) is 50.3 Å². The molecule has 2 fully saturated rings. The summed E-state index contributed by atoms with van der Waals surface area (Å²) >= 11 is 0. The van der Waals surface area contributed by atoms with Crippen LogP contribution in [-0.2, 0) is 17.9 Å². The molecule has 28 heavy (non-hydrogen) atoms. The normalized spacial score (nSPS) is 23.4. The second-order valence-corrected chi connectivity index (χ2v) is 8.48. The number of likely N-dealkylation sites (tertiary alicyclic amines) is 2. The van der Waals surface area contributed by atoms with Crippen LogP contribution in [0.25, 0.3) is 0 Å². The van der Waals surface area contributed by atoms with Gasteiger partial charge in [0.1, 0.15) is 0 Å². The molecule has 0 aromatic carbocycles. The largest absolute Gasteiger partial charge is 0.336 e. The van der Waals surface area contributed by atoms with E-state index in [0.717, 1.165) is 55.4 Å². The third kappa shape index (κ3) is 4.38. The SMILES string of the molecule is Cc1cnc(CN2C[C@]3(CCCN(Cc4cccc(C)n4)C3)CCC2=O)cn1. The molecule has 0 bridgehead atoms. The Morgan fingerprint density at radius 1 is 1.00 bits per heavy atom. The van der Waals surface area contributed by atoms with Crippen molar-refractivity contribution in [2.75, 3.05) is 19.6 Å². The summed E-state index contributed by atoms with van der Waals surface area (Å²) in [5, 5.41) is 0. The lowest BCUT2D eigenvalue weighted by molar-refractivity contribution is -0.140. The average molecular weight is 380 g/mol. The molecule has 1 spiro atoms.